The Morgan fingerprint density at radius 2 is 1.56 bits per heavy atom. The maximum Gasteiger partial charge on any atom is 0.276 e. The zero-order chi connectivity index (χ0) is 19.4. The zero-order valence-electron chi connectivity index (χ0n) is 14.1. The minimum atomic E-state index is -2.00. The van der Waals surface area contributed by atoms with Gasteiger partial charge in [0.15, 0.2) is 0 Å². The van der Waals surface area contributed by atoms with Crippen molar-refractivity contribution in [1.29, 1.82) is 0 Å². The standard InChI is InChI=1S/C7H4N2O7.2C4H9.Sn/c10-6-4(7(11)12)1-3(8(13)14)2-5(6)9(15)16;2*1-3-4-2;/h1-2,10H,(H,11,12);2*1,3-4H2,2H3;/q;;;+2/p-2. The van der Waals surface area contributed by atoms with Crippen molar-refractivity contribution in [2.24, 2.45) is 0 Å². The molecule has 9 nitrogen and oxygen atoms in total. The van der Waals surface area contributed by atoms with Crippen molar-refractivity contribution in [1.82, 2.24) is 0 Å². The minimum absolute atomic E-state index is 0.149. The summed E-state index contributed by atoms with van der Waals surface area (Å²) in [7, 11) is 0. The normalized spacial score (nSPS) is 9.52. The number of carboxylic acid groups (broad SMARTS) is 1. The third-order valence-corrected chi connectivity index (χ3v) is 7.13. The summed E-state index contributed by atoms with van der Waals surface area (Å²) in [6.45, 7) is 4.58. The number of hydrogen-bond donors (Lipinski definition) is 0. The molecule has 0 aromatic heterocycles. The molecule has 1 aromatic rings. The summed E-state index contributed by atoms with van der Waals surface area (Å²) in [6.07, 6.45) is 5.84. The summed E-state index contributed by atoms with van der Waals surface area (Å²) in [4.78, 5) is 28.9. The van der Waals surface area contributed by atoms with Crippen molar-refractivity contribution in [3.8, 4) is 5.75 Å². The minimum Gasteiger partial charge on any atom is -0.867 e. The summed E-state index contributed by atoms with van der Waals surface area (Å²) in [5.74, 6) is -3.42. The molecular weight excluding hydrogens is 439 g/mol. The average molecular weight is 459 g/mol. The second-order valence-corrected chi connectivity index (χ2v) is 9.38. The number of carboxylic acids is 1. The third kappa shape index (κ3) is 8.66. The van der Waals surface area contributed by atoms with Crippen molar-refractivity contribution < 1.29 is 24.9 Å². The van der Waals surface area contributed by atoms with Gasteiger partial charge in [0.1, 0.15) is 0 Å². The van der Waals surface area contributed by atoms with Crippen molar-refractivity contribution in [2.45, 2.75) is 48.4 Å². The van der Waals surface area contributed by atoms with Crippen LogP contribution in [-0.2, 0) is 0 Å². The van der Waals surface area contributed by atoms with Gasteiger partial charge in [-0.3, -0.25) is 20.2 Å². The Kier molecular flexibility index (Phi) is 11.5. The first-order chi connectivity index (χ1) is 11.8. The smallest absolute Gasteiger partial charge is 0.276 e. The van der Waals surface area contributed by atoms with Crippen LogP contribution < -0.4 is 10.2 Å². The van der Waals surface area contributed by atoms with Crippen LogP contribution in [0.5, 0.6) is 5.75 Å². The van der Waals surface area contributed by atoms with Crippen LogP contribution in [0.25, 0.3) is 0 Å². The number of carbonyl (C=O) groups excluding carboxylic acids is 1. The molecule has 0 bridgehead atoms. The predicted octanol–water partition coefficient (Wildman–Crippen LogP) is 2.07. The Morgan fingerprint density at radius 3 is 1.92 bits per heavy atom. The summed E-state index contributed by atoms with van der Waals surface area (Å²) in [5, 5.41) is 42.2. The fourth-order valence-electron chi connectivity index (χ4n) is 1.72. The molecule has 0 amide bonds. The summed E-state index contributed by atoms with van der Waals surface area (Å²) in [6, 6.07) is 0.819. The van der Waals surface area contributed by atoms with E-state index in [0.717, 1.165) is 0 Å². The maximum atomic E-state index is 11.1. The SMILES string of the molecule is CCC[CH2][Sn+2][CH2]CCC.O=C([O-])c1cc([N+](=O)[O-])cc([N+](=O)[O-])c1[O-]. The Morgan fingerprint density at radius 1 is 1.04 bits per heavy atom. The van der Waals surface area contributed by atoms with E-state index >= 15 is 0 Å². The van der Waals surface area contributed by atoms with E-state index in [1.54, 1.807) is 8.87 Å². The molecule has 0 aliphatic rings. The first-order valence-corrected chi connectivity index (χ1v) is 11.9. The molecule has 0 unspecified atom stereocenters. The Balaban J connectivity index is 0.000000547. The number of benzene rings is 1. The number of rotatable bonds is 9. The van der Waals surface area contributed by atoms with Gasteiger partial charge >= 0.3 is 69.5 Å². The van der Waals surface area contributed by atoms with Gasteiger partial charge in [-0.05, 0) is 5.75 Å². The number of aromatic carboxylic acids is 1. The van der Waals surface area contributed by atoms with Crippen LogP contribution in [0.3, 0.4) is 0 Å². The van der Waals surface area contributed by atoms with Gasteiger partial charge in [-0.1, -0.05) is 0 Å². The number of carbonyl (C=O) groups is 1. The van der Waals surface area contributed by atoms with Gasteiger partial charge in [-0.25, -0.2) is 0 Å². The van der Waals surface area contributed by atoms with Crippen LogP contribution in [0.1, 0.15) is 49.9 Å². The molecule has 0 fully saturated rings. The van der Waals surface area contributed by atoms with E-state index in [4.69, 9.17) is 0 Å². The molecule has 136 valence electrons. The predicted molar refractivity (Wildman–Crippen MR) is 88.7 cm³/mol. The van der Waals surface area contributed by atoms with Crippen LogP contribution in [0.15, 0.2) is 12.1 Å². The van der Waals surface area contributed by atoms with Crippen molar-refractivity contribution in [3.63, 3.8) is 0 Å². The second kappa shape index (κ2) is 12.5. The molecule has 0 aliphatic carbocycles. The van der Waals surface area contributed by atoms with Gasteiger partial charge in [0.25, 0.3) is 11.4 Å². The third-order valence-electron chi connectivity index (χ3n) is 3.10. The molecule has 0 saturated carbocycles. The molecular formula is C15H20N2O7Sn. The van der Waals surface area contributed by atoms with Crippen molar-refractivity contribution in [2.75, 3.05) is 0 Å². The number of nitro benzene ring substituents is 2. The first kappa shape index (κ1) is 23.1. The Bertz CT molecular complexity index is 567. The molecule has 0 saturated heterocycles. The Hall–Kier alpha value is -1.91. The number of nitro groups is 2. The molecule has 10 heteroatoms. The molecule has 0 atom stereocenters. The van der Waals surface area contributed by atoms with E-state index in [2.05, 4.69) is 13.8 Å². The van der Waals surface area contributed by atoms with E-state index in [-0.39, 0.29) is 21.1 Å². The fraction of sp³-hybridized carbons (Fsp3) is 0.533. The molecule has 0 aliphatic heterocycles. The van der Waals surface area contributed by atoms with E-state index < -0.39 is 38.5 Å². The molecule has 0 radical (unpaired) electrons. The van der Waals surface area contributed by atoms with Gasteiger partial charge in [-0.15, -0.1) is 0 Å². The van der Waals surface area contributed by atoms with Gasteiger partial charge in [0.2, 0.25) is 0 Å². The number of hydrogen-bond acceptors (Lipinski definition) is 7. The zero-order valence-corrected chi connectivity index (χ0v) is 17.0. The van der Waals surface area contributed by atoms with Gasteiger partial charge in [0, 0.05) is 11.6 Å². The number of non-ortho nitro benzene ring substituents is 1. The topological polar surface area (TPSA) is 149 Å². The van der Waals surface area contributed by atoms with Crippen molar-refractivity contribution >= 4 is 38.5 Å². The summed E-state index contributed by atoms with van der Waals surface area (Å²) < 4.78 is 3.25. The van der Waals surface area contributed by atoms with Crippen molar-refractivity contribution in [3.05, 3.63) is 37.9 Å². The average Bonchev–Trinajstić information content (AvgIpc) is 2.54. The van der Waals surface area contributed by atoms with E-state index in [1.807, 2.05) is 0 Å². The maximum absolute atomic E-state index is 11.1. The molecule has 25 heavy (non-hydrogen) atoms. The van der Waals surface area contributed by atoms with E-state index in [0.29, 0.717) is 12.1 Å². The number of nitrogens with zero attached hydrogens (tertiary/aromatic N) is 2. The number of unbranched alkanes of at least 4 members (excludes halogenated alkanes) is 2. The molecule has 0 spiro atoms. The van der Waals surface area contributed by atoms with Crippen LogP contribution >= 0.6 is 0 Å². The first-order valence-electron chi connectivity index (χ1n) is 7.82. The van der Waals surface area contributed by atoms with Crippen LogP contribution in [-0.4, -0.2) is 37.0 Å². The Labute approximate surface area is 155 Å². The second-order valence-electron chi connectivity index (χ2n) is 5.10. The molecule has 1 rings (SSSR count). The van der Waals surface area contributed by atoms with Crippen LogP contribution in [0.2, 0.25) is 8.87 Å². The van der Waals surface area contributed by atoms with Gasteiger partial charge in [0.05, 0.1) is 21.9 Å². The molecule has 0 heterocycles. The van der Waals surface area contributed by atoms with E-state index in [1.165, 1.54) is 25.7 Å². The summed E-state index contributed by atoms with van der Waals surface area (Å²) >= 11 is 0.149. The largest absolute Gasteiger partial charge is 0.867 e. The van der Waals surface area contributed by atoms with Gasteiger partial charge < -0.3 is 15.0 Å². The van der Waals surface area contributed by atoms with Gasteiger partial charge in [-0.2, -0.15) is 0 Å². The summed E-state index contributed by atoms with van der Waals surface area (Å²) in [5.41, 5.74) is -3.14. The fourth-order valence-corrected chi connectivity index (χ4v) is 5.88. The molecule has 1 aromatic carbocycles. The quantitative estimate of drug-likeness (QED) is 0.238. The van der Waals surface area contributed by atoms with Crippen LogP contribution in [0.4, 0.5) is 11.4 Å². The van der Waals surface area contributed by atoms with Crippen LogP contribution in [0, 0.1) is 20.2 Å². The monoisotopic (exact) mass is 460 g/mol. The molecule has 0 N–H and O–H groups in total. The van der Waals surface area contributed by atoms with E-state index in [9.17, 15) is 35.2 Å².